The molecule has 2 rings (SSSR count). The number of allylic oxidation sites excluding steroid dienone is 9. The highest BCUT2D eigenvalue weighted by Crippen LogP contribution is 2.33. The van der Waals surface area contributed by atoms with Gasteiger partial charge in [-0.05, 0) is 36.0 Å². The monoisotopic (exact) mass is 290 g/mol. The molecule has 0 saturated heterocycles. The Morgan fingerprint density at radius 1 is 1.32 bits per heavy atom. The molecule has 0 nitrogen and oxygen atoms in total. The normalized spacial score (nSPS) is 18.8. The number of benzene rings is 1. The molecule has 0 heterocycles. The van der Waals surface area contributed by atoms with Crippen LogP contribution < -0.4 is 0 Å². The van der Waals surface area contributed by atoms with E-state index in [1.807, 2.05) is 12.2 Å². The van der Waals surface area contributed by atoms with E-state index >= 15 is 0 Å². The summed E-state index contributed by atoms with van der Waals surface area (Å²) in [5.41, 5.74) is 5.44. The van der Waals surface area contributed by atoms with Crippen molar-refractivity contribution in [3.05, 3.63) is 90.1 Å². The van der Waals surface area contributed by atoms with E-state index in [1.165, 1.54) is 22.3 Å². The van der Waals surface area contributed by atoms with Gasteiger partial charge in [0.25, 0.3) is 0 Å². The zero-order valence-corrected chi connectivity index (χ0v) is 13.9. The summed E-state index contributed by atoms with van der Waals surface area (Å²) < 4.78 is 0. The van der Waals surface area contributed by atoms with E-state index in [-0.39, 0.29) is 0 Å². The maximum atomic E-state index is 3.75. The average Bonchev–Trinajstić information content (AvgIpc) is 2.56. The minimum Gasteiger partial charge on any atom is -0.0991 e. The van der Waals surface area contributed by atoms with Crippen molar-refractivity contribution < 1.29 is 0 Å². The van der Waals surface area contributed by atoms with Gasteiger partial charge in [0.15, 0.2) is 0 Å². The number of hydrogen-bond acceptors (Lipinski definition) is 0. The van der Waals surface area contributed by atoms with Gasteiger partial charge in [-0.1, -0.05) is 92.8 Å². The molecule has 1 atom stereocenters. The van der Waals surface area contributed by atoms with E-state index in [0.717, 1.165) is 6.42 Å². The molecular weight excluding hydrogens is 264 g/mol. The fourth-order valence-electron chi connectivity index (χ4n) is 2.84. The molecular formula is C22H26. The molecule has 0 heteroatoms. The Morgan fingerprint density at radius 2 is 2.14 bits per heavy atom. The molecule has 0 fully saturated rings. The fourth-order valence-corrected chi connectivity index (χ4v) is 2.84. The van der Waals surface area contributed by atoms with Crippen LogP contribution in [0.5, 0.6) is 0 Å². The summed E-state index contributed by atoms with van der Waals surface area (Å²) >= 11 is 0. The van der Waals surface area contributed by atoms with Gasteiger partial charge in [-0.3, -0.25) is 0 Å². The maximum absolute atomic E-state index is 3.75. The molecule has 22 heavy (non-hydrogen) atoms. The average molecular weight is 290 g/mol. The molecule has 1 aromatic rings. The fraction of sp³-hybridized carbons (Fsp3) is 0.273. The van der Waals surface area contributed by atoms with E-state index in [1.54, 1.807) is 0 Å². The first-order chi connectivity index (χ1) is 10.7. The van der Waals surface area contributed by atoms with E-state index < -0.39 is 0 Å². The lowest BCUT2D eigenvalue weighted by Crippen LogP contribution is -2.05. The molecule has 1 aromatic carbocycles. The van der Waals surface area contributed by atoms with Crippen molar-refractivity contribution >= 4 is 5.57 Å². The third-order valence-corrected chi connectivity index (χ3v) is 4.22. The van der Waals surface area contributed by atoms with Gasteiger partial charge in [-0.2, -0.15) is 0 Å². The minimum absolute atomic E-state index is 0.490. The Bertz CT molecular complexity index is 636. The Hall–Kier alpha value is -2.08. The molecule has 0 amide bonds. The SMILES string of the molecule is C=CC=CC(=CC)c1cccc(C2C=CC=C(C(C)C)C2)c1. The van der Waals surface area contributed by atoms with Crippen LogP contribution >= 0.6 is 0 Å². The van der Waals surface area contributed by atoms with Crippen LogP contribution in [-0.2, 0) is 0 Å². The van der Waals surface area contributed by atoms with Crippen molar-refractivity contribution in [3.63, 3.8) is 0 Å². The second kappa shape index (κ2) is 7.79. The summed E-state index contributed by atoms with van der Waals surface area (Å²) in [4.78, 5) is 0. The van der Waals surface area contributed by atoms with Gasteiger partial charge in [0.1, 0.15) is 0 Å². The quantitative estimate of drug-likeness (QED) is 0.546. The summed E-state index contributed by atoms with van der Waals surface area (Å²) in [6.07, 6.45) is 16.0. The molecule has 0 N–H and O–H groups in total. The molecule has 114 valence electrons. The summed E-state index contributed by atoms with van der Waals surface area (Å²) in [5.74, 6) is 1.11. The first-order valence-electron chi connectivity index (χ1n) is 8.08. The van der Waals surface area contributed by atoms with Gasteiger partial charge in [0, 0.05) is 5.92 Å². The Morgan fingerprint density at radius 3 is 2.82 bits per heavy atom. The van der Waals surface area contributed by atoms with Crippen LogP contribution in [0.4, 0.5) is 0 Å². The largest absolute Gasteiger partial charge is 0.0991 e. The summed E-state index contributed by atoms with van der Waals surface area (Å²) in [7, 11) is 0. The lowest BCUT2D eigenvalue weighted by molar-refractivity contribution is 0.672. The zero-order chi connectivity index (χ0) is 15.9. The van der Waals surface area contributed by atoms with Crippen LogP contribution in [0, 0.1) is 5.92 Å². The molecule has 0 aromatic heterocycles. The highest BCUT2D eigenvalue weighted by molar-refractivity contribution is 5.74. The van der Waals surface area contributed by atoms with E-state index in [0.29, 0.717) is 11.8 Å². The highest BCUT2D eigenvalue weighted by atomic mass is 14.2. The standard InChI is InChI=1S/C22H26/c1-5-7-10-18(6-2)20-12-9-14-22(16-20)21-13-8-11-19(15-21)17(3)4/h5-14,16-17,21H,1,15H2,2-4H3. The van der Waals surface area contributed by atoms with Crippen LogP contribution in [-0.4, -0.2) is 0 Å². The van der Waals surface area contributed by atoms with Gasteiger partial charge >= 0.3 is 0 Å². The van der Waals surface area contributed by atoms with Crippen LogP contribution in [0.2, 0.25) is 0 Å². The first-order valence-corrected chi connectivity index (χ1v) is 8.08. The predicted octanol–water partition coefficient (Wildman–Crippen LogP) is 6.46. The molecule has 1 unspecified atom stereocenters. The third-order valence-electron chi connectivity index (χ3n) is 4.22. The van der Waals surface area contributed by atoms with Gasteiger partial charge < -0.3 is 0 Å². The van der Waals surface area contributed by atoms with Crippen LogP contribution in [0.3, 0.4) is 0 Å². The van der Waals surface area contributed by atoms with E-state index in [9.17, 15) is 0 Å². The Balaban J connectivity index is 2.26. The third kappa shape index (κ3) is 3.98. The zero-order valence-electron chi connectivity index (χ0n) is 13.9. The number of rotatable bonds is 5. The van der Waals surface area contributed by atoms with E-state index in [2.05, 4.69) is 82.0 Å². The first kappa shape index (κ1) is 16.3. The van der Waals surface area contributed by atoms with Crippen LogP contribution in [0.1, 0.15) is 44.2 Å². The molecule has 0 radical (unpaired) electrons. The smallest absolute Gasteiger partial charge is 0.00586 e. The molecule has 0 aliphatic heterocycles. The second-order valence-electron chi connectivity index (χ2n) is 6.06. The molecule has 0 spiro atoms. The van der Waals surface area contributed by atoms with Gasteiger partial charge in [0.2, 0.25) is 0 Å². The predicted molar refractivity (Wildman–Crippen MR) is 98.8 cm³/mol. The van der Waals surface area contributed by atoms with Crippen LogP contribution in [0.15, 0.2) is 78.9 Å². The second-order valence-corrected chi connectivity index (χ2v) is 6.06. The molecule has 1 aliphatic rings. The Kier molecular flexibility index (Phi) is 5.77. The molecule has 1 aliphatic carbocycles. The summed E-state index contributed by atoms with van der Waals surface area (Å²) in [5, 5.41) is 0. The molecule has 0 bridgehead atoms. The van der Waals surface area contributed by atoms with E-state index in [4.69, 9.17) is 0 Å². The lowest BCUT2D eigenvalue weighted by Gasteiger charge is -2.22. The minimum atomic E-state index is 0.490. The lowest BCUT2D eigenvalue weighted by atomic mass is 9.83. The van der Waals surface area contributed by atoms with Crippen molar-refractivity contribution in [3.8, 4) is 0 Å². The maximum Gasteiger partial charge on any atom is 0.00586 e. The van der Waals surface area contributed by atoms with Gasteiger partial charge in [0.05, 0.1) is 0 Å². The van der Waals surface area contributed by atoms with Crippen molar-refractivity contribution in [2.24, 2.45) is 5.92 Å². The van der Waals surface area contributed by atoms with Crippen molar-refractivity contribution in [2.75, 3.05) is 0 Å². The summed E-state index contributed by atoms with van der Waals surface area (Å²) in [6, 6.07) is 8.91. The molecule has 0 saturated carbocycles. The highest BCUT2D eigenvalue weighted by Gasteiger charge is 2.16. The van der Waals surface area contributed by atoms with Crippen LogP contribution in [0.25, 0.3) is 5.57 Å². The topological polar surface area (TPSA) is 0 Å². The van der Waals surface area contributed by atoms with Gasteiger partial charge in [-0.25, -0.2) is 0 Å². The Labute approximate surface area is 135 Å². The number of hydrogen-bond donors (Lipinski definition) is 0. The summed E-state index contributed by atoms with van der Waals surface area (Å²) in [6.45, 7) is 10.4. The van der Waals surface area contributed by atoms with Crippen molar-refractivity contribution in [1.82, 2.24) is 0 Å². The van der Waals surface area contributed by atoms with Crippen molar-refractivity contribution in [2.45, 2.75) is 33.1 Å². The van der Waals surface area contributed by atoms with Gasteiger partial charge in [-0.15, -0.1) is 0 Å². The van der Waals surface area contributed by atoms with Crippen molar-refractivity contribution in [1.29, 1.82) is 0 Å².